The highest BCUT2D eigenvalue weighted by Gasteiger charge is 2.22. The van der Waals surface area contributed by atoms with E-state index in [1.165, 1.54) is 31.3 Å². The molecule has 2 atom stereocenters. The first-order chi connectivity index (χ1) is 7.06. The zero-order valence-electron chi connectivity index (χ0n) is 11.5. The van der Waals surface area contributed by atoms with Gasteiger partial charge in [-0.25, -0.2) is 0 Å². The van der Waals surface area contributed by atoms with E-state index < -0.39 is 0 Å². The van der Waals surface area contributed by atoms with Crippen LogP contribution in [0.4, 0.5) is 0 Å². The smallest absolute Gasteiger partial charge is 0.0290 e. The summed E-state index contributed by atoms with van der Waals surface area (Å²) in [6.45, 7) is 15.8. The maximum absolute atomic E-state index is 4.17. The lowest BCUT2D eigenvalue weighted by atomic mass is 9.76. The number of hydrogen-bond donors (Lipinski definition) is 0. The van der Waals surface area contributed by atoms with Crippen molar-refractivity contribution in [2.45, 2.75) is 66.7 Å². The molecule has 0 N–H and O–H groups in total. The molecule has 0 aromatic rings. The van der Waals surface area contributed by atoms with Crippen LogP contribution in [0.1, 0.15) is 66.7 Å². The summed E-state index contributed by atoms with van der Waals surface area (Å²) in [5.41, 5.74) is 1.43. The Balaban J connectivity index is 4.40. The summed E-state index contributed by atoms with van der Waals surface area (Å²) in [6.07, 6.45) is 6.42. The van der Waals surface area contributed by atoms with Crippen molar-refractivity contribution in [2.75, 3.05) is 0 Å². The van der Waals surface area contributed by atoms with E-state index in [2.05, 4.69) is 41.2 Å². The lowest BCUT2D eigenvalue weighted by Crippen LogP contribution is -2.20. The number of hydrogen-bond acceptors (Lipinski definition) is 0. The number of allylic oxidation sites excluding steroid dienone is 1. The normalized spacial score (nSPS) is 15.3. The second kappa shape index (κ2) is 7.96. The molecule has 0 radical (unpaired) electrons. The minimum absolute atomic E-state index is 0.796. The second-order valence-corrected chi connectivity index (χ2v) is 5.17. The minimum atomic E-state index is 0.796. The van der Waals surface area contributed by atoms with Crippen molar-refractivity contribution >= 4 is 0 Å². The quantitative estimate of drug-likeness (QED) is 0.468. The van der Waals surface area contributed by atoms with E-state index in [1.54, 1.807) is 0 Å². The summed E-state index contributed by atoms with van der Waals surface area (Å²) < 4.78 is 0. The Morgan fingerprint density at radius 1 is 1.13 bits per heavy atom. The molecule has 0 heteroatoms. The molecule has 0 aromatic carbocycles. The summed E-state index contributed by atoms with van der Waals surface area (Å²) in [6, 6.07) is 0. The van der Waals surface area contributed by atoms with Crippen LogP contribution < -0.4 is 0 Å². The molecule has 15 heavy (non-hydrogen) atoms. The molecule has 0 spiro atoms. The van der Waals surface area contributed by atoms with Gasteiger partial charge in [0.1, 0.15) is 0 Å². The predicted molar refractivity (Wildman–Crippen MR) is 71.1 cm³/mol. The van der Waals surface area contributed by atoms with E-state index in [-0.39, 0.29) is 0 Å². The van der Waals surface area contributed by atoms with Gasteiger partial charge in [0.05, 0.1) is 0 Å². The van der Waals surface area contributed by atoms with E-state index in [0.29, 0.717) is 0 Å². The average Bonchev–Trinajstić information content (AvgIpc) is 2.22. The standard InChI is InChI=1S/C15H30/c1-7-10-14(9-3)15(12(4)5)11-13(6)8-2/h12,14-15H,6-11H2,1-5H3. The monoisotopic (exact) mass is 210 g/mol. The predicted octanol–water partition coefficient (Wildman–Crippen LogP) is 5.44. The molecule has 0 aliphatic rings. The fraction of sp³-hybridized carbons (Fsp3) is 0.867. The average molecular weight is 210 g/mol. The van der Waals surface area contributed by atoms with Crippen molar-refractivity contribution in [3.8, 4) is 0 Å². The van der Waals surface area contributed by atoms with Gasteiger partial charge in [-0.15, -0.1) is 0 Å². The van der Waals surface area contributed by atoms with Gasteiger partial charge in [-0.05, 0) is 30.6 Å². The van der Waals surface area contributed by atoms with Crippen LogP contribution in [0, 0.1) is 17.8 Å². The molecular formula is C15H30. The molecule has 2 unspecified atom stereocenters. The first-order valence-corrected chi connectivity index (χ1v) is 6.73. The Morgan fingerprint density at radius 3 is 2.07 bits per heavy atom. The highest BCUT2D eigenvalue weighted by atomic mass is 14.3. The molecule has 0 aliphatic heterocycles. The summed E-state index contributed by atoms with van der Waals surface area (Å²) in [5, 5.41) is 0. The molecule has 0 nitrogen and oxygen atoms in total. The zero-order chi connectivity index (χ0) is 11.8. The molecule has 0 amide bonds. The maximum atomic E-state index is 4.17. The van der Waals surface area contributed by atoms with Crippen molar-refractivity contribution in [1.82, 2.24) is 0 Å². The van der Waals surface area contributed by atoms with Crippen LogP contribution in [0.25, 0.3) is 0 Å². The second-order valence-electron chi connectivity index (χ2n) is 5.17. The van der Waals surface area contributed by atoms with Gasteiger partial charge in [-0.3, -0.25) is 0 Å². The zero-order valence-corrected chi connectivity index (χ0v) is 11.5. The van der Waals surface area contributed by atoms with E-state index >= 15 is 0 Å². The SMILES string of the molecule is C=C(CC)CC(C(C)C)C(CC)CCC. The van der Waals surface area contributed by atoms with Gasteiger partial charge >= 0.3 is 0 Å². The first-order valence-electron chi connectivity index (χ1n) is 6.73. The molecule has 0 aromatic heterocycles. The van der Waals surface area contributed by atoms with E-state index in [1.807, 2.05) is 0 Å². The van der Waals surface area contributed by atoms with E-state index in [9.17, 15) is 0 Å². The third kappa shape index (κ3) is 5.39. The Kier molecular flexibility index (Phi) is 7.82. The lowest BCUT2D eigenvalue weighted by molar-refractivity contribution is 0.229. The Bertz CT molecular complexity index is 167. The minimum Gasteiger partial charge on any atom is -0.0999 e. The van der Waals surface area contributed by atoms with Crippen LogP contribution in [0.3, 0.4) is 0 Å². The van der Waals surface area contributed by atoms with Crippen LogP contribution in [-0.4, -0.2) is 0 Å². The van der Waals surface area contributed by atoms with Gasteiger partial charge in [0.2, 0.25) is 0 Å². The summed E-state index contributed by atoms with van der Waals surface area (Å²) >= 11 is 0. The third-order valence-corrected chi connectivity index (χ3v) is 3.67. The van der Waals surface area contributed by atoms with Gasteiger partial charge < -0.3 is 0 Å². The molecule has 0 heterocycles. The molecule has 0 aliphatic carbocycles. The van der Waals surface area contributed by atoms with Gasteiger partial charge in [0, 0.05) is 0 Å². The van der Waals surface area contributed by atoms with E-state index in [0.717, 1.165) is 24.2 Å². The number of rotatable bonds is 8. The van der Waals surface area contributed by atoms with Crippen LogP contribution >= 0.6 is 0 Å². The van der Waals surface area contributed by atoms with Gasteiger partial charge in [0.15, 0.2) is 0 Å². The molecule has 0 bridgehead atoms. The van der Waals surface area contributed by atoms with Crippen molar-refractivity contribution in [1.29, 1.82) is 0 Å². The molecular weight excluding hydrogens is 180 g/mol. The first kappa shape index (κ1) is 14.7. The van der Waals surface area contributed by atoms with E-state index in [4.69, 9.17) is 0 Å². The fourth-order valence-corrected chi connectivity index (χ4v) is 2.52. The van der Waals surface area contributed by atoms with Crippen LogP contribution in [0.2, 0.25) is 0 Å². The summed E-state index contributed by atoms with van der Waals surface area (Å²) in [5.74, 6) is 2.55. The molecule has 0 rings (SSSR count). The third-order valence-electron chi connectivity index (χ3n) is 3.67. The Morgan fingerprint density at radius 2 is 1.73 bits per heavy atom. The maximum Gasteiger partial charge on any atom is -0.0290 e. The van der Waals surface area contributed by atoms with Crippen molar-refractivity contribution < 1.29 is 0 Å². The van der Waals surface area contributed by atoms with Gasteiger partial charge in [-0.2, -0.15) is 0 Å². The van der Waals surface area contributed by atoms with Gasteiger partial charge in [0.25, 0.3) is 0 Å². The summed E-state index contributed by atoms with van der Waals surface area (Å²) in [7, 11) is 0. The molecule has 90 valence electrons. The molecule has 0 saturated heterocycles. The van der Waals surface area contributed by atoms with Crippen LogP contribution in [0.15, 0.2) is 12.2 Å². The molecule has 0 saturated carbocycles. The van der Waals surface area contributed by atoms with Crippen molar-refractivity contribution in [3.05, 3.63) is 12.2 Å². The Labute approximate surface area is 97.2 Å². The lowest BCUT2D eigenvalue weighted by Gasteiger charge is -2.30. The largest absolute Gasteiger partial charge is 0.0999 e. The van der Waals surface area contributed by atoms with Crippen LogP contribution in [-0.2, 0) is 0 Å². The van der Waals surface area contributed by atoms with Crippen molar-refractivity contribution in [2.24, 2.45) is 17.8 Å². The molecule has 0 fully saturated rings. The Hall–Kier alpha value is -0.260. The summed E-state index contributed by atoms with van der Waals surface area (Å²) in [4.78, 5) is 0. The van der Waals surface area contributed by atoms with Gasteiger partial charge in [-0.1, -0.05) is 66.0 Å². The topological polar surface area (TPSA) is 0 Å². The van der Waals surface area contributed by atoms with Crippen LogP contribution in [0.5, 0.6) is 0 Å². The highest BCUT2D eigenvalue weighted by Crippen LogP contribution is 2.33. The highest BCUT2D eigenvalue weighted by molar-refractivity contribution is 4.96. The fourth-order valence-electron chi connectivity index (χ4n) is 2.52. The van der Waals surface area contributed by atoms with Crippen molar-refractivity contribution in [3.63, 3.8) is 0 Å².